The zero-order valence-electron chi connectivity index (χ0n) is 8.68. The monoisotopic (exact) mass is 216 g/mol. The Kier molecular flexibility index (Phi) is 2.70. The van der Waals surface area contributed by atoms with Gasteiger partial charge in [-0.2, -0.15) is 0 Å². The first kappa shape index (κ1) is 10.9. The minimum absolute atomic E-state index is 0.168. The maximum Gasteiger partial charge on any atom is 0.312 e. The highest BCUT2D eigenvalue weighted by Crippen LogP contribution is 2.36. The van der Waals surface area contributed by atoms with E-state index in [0.29, 0.717) is 13.0 Å². The summed E-state index contributed by atoms with van der Waals surface area (Å²) in [5, 5.41) is 19.3. The number of hydrogen-bond donors (Lipinski definition) is 2. The normalized spacial score (nSPS) is 42.2. The van der Waals surface area contributed by atoms with Gasteiger partial charge in [-0.25, -0.2) is 0 Å². The Morgan fingerprint density at radius 3 is 3.07 bits per heavy atom. The lowest BCUT2D eigenvalue weighted by atomic mass is 9.84. The van der Waals surface area contributed by atoms with E-state index in [1.54, 1.807) is 6.92 Å². The van der Waals surface area contributed by atoms with Crippen molar-refractivity contribution in [3.8, 4) is 0 Å². The van der Waals surface area contributed by atoms with Crippen molar-refractivity contribution in [2.45, 2.75) is 37.6 Å². The molecule has 3 fully saturated rings. The third-order valence-corrected chi connectivity index (χ3v) is 3.06. The largest absolute Gasteiger partial charge is 0.453 e. The van der Waals surface area contributed by atoms with Crippen LogP contribution < -0.4 is 0 Å². The summed E-state index contributed by atoms with van der Waals surface area (Å²) in [5.74, 6) is -0.678. The fourth-order valence-corrected chi connectivity index (χ4v) is 2.30. The summed E-state index contributed by atoms with van der Waals surface area (Å²) in [6.45, 7) is 2.07. The molecule has 0 radical (unpaired) electrons. The molecule has 0 aromatic carbocycles. The van der Waals surface area contributed by atoms with Crippen LogP contribution in [0, 0.1) is 5.92 Å². The van der Waals surface area contributed by atoms with Gasteiger partial charge in [-0.05, 0) is 13.3 Å². The van der Waals surface area contributed by atoms with Crippen LogP contribution >= 0.6 is 0 Å². The smallest absolute Gasteiger partial charge is 0.312 e. The topological polar surface area (TPSA) is 76.0 Å². The van der Waals surface area contributed by atoms with Crippen molar-refractivity contribution < 1.29 is 24.5 Å². The minimum Gasteiger partial charge on any atom is -0.453 e. The molecule has 3 saturated heterocycles. The first-order chi connectivity index (χ1) is 7.03. The molecule has 3 heterocycles. The van der Waals surface area contributed by atoms with Crippen LogP contribution in [0.2, 0.25) is 0 Å². The Morgan fingerprint density at radius 2 is 2.40 bits per heavy atom. The van der Waals surface area contributed by atoms with Crippen molar-refractivity contribution in [1.82, 2.24) is 0 Å². The van der Waals surface area contributed by atoms with Gasteiger partial charge >= 0.3 is 5.97 Å². The van der Waals surface area contributed by atoms with Crippen LogP contribution in [-0.2, 0) is 14.3 Å². The minimum atomic E-state index is -1.04. The Hall–Kier alpha value is -0.650. The van der Waals surface area contributed by atoms with Crippen LogP contribution in [0.15, 0.2) is 0 Å². The van der Waals surface area contributed by atoms with Crippen molar-refractivity contribution in [2.24, 2.45) is 5.92 Å². The van der Waals surface area contributed by atoms with Crippen molar-refractivity contribution in [2.75, 3.05) is 13.2 Å². The van der Waals surface area contributed by atoms with Crippen molar-refractivity contribution in [3.63, 3.8) is 0 Å². The Labute approximate surface area is 88.0 Å². The molecule has 0 unspecified atom stereocenters. The number of aliphatic hydroxyl groups excluding tert-OH is 2. The fraction of sp³-hybridized carbons (Fsp3) is 0.900. The average molecular weight is 216 g/mol. The van der Waals surface area contributed by atoms with Gasteiger partial charge < -0.3 is 19.7 Å². The standard InChI is InChI=1S/C10H16O5/c1-6(11)3-10-5-14-4-7(2-8(10)12)9(13)15-10/h6-8,11-12H,2-5H2,1H3/t6-,7+,8-,10+/m0/s1. The molecule has 2 bridgehead atoms. The molecule has 5 nitrogen and oxygen atoms in total. The summed E-state index contributed by atoms with van der Waals surface area (Å²) in [6.07, 6.45) is -0.791. The summed E-state index contributed by atoms with van der Waals surface area (Å²) in [5.41, 5.74) is -1.04. The molecule has 3 aliphatic heterocycles. The molecular formula is C10H16O5. The molecule has 0 aliphatic carbocycles. The van der Waals surface area contributed by atoms with E-state index in [1.165, 1.54) is 0 Å². The second-order valence-electron chi connectivity index (χ2n) is 4.50. The molecule has 15 heavy (non-hydrogen) atoms. The Bertz CT molecular complexity index is 265. The quantitative estimate of drug-likeness (QED) is 0.606. The summed E-state index contributed by atoms with van der Waals surface area (Å²) in [7, 11) is 0. The van der Waals surface area contributed by atoms with Gasteiger partial charge in [-0.1, -0.05) is 0 Å². The number of rotatable bonds is 2. The van der Waals surface area contributed by atoms with E-state index in [2.05, 4.69) is 0 Å². The molecule has 3 rings (SSSR count). The summed E-state index contributed by atoms with van der Waals surface area (Å²) in [4.78, 5) is 11.5. The summed E-state index contributed by atoms with van der Waals surface area (Å²) < 4.78 is 10.6. The Morgan fingerprint density at radius 1 is 1.67 bits per heavy atom. The SMILES string of the molecule is C[C@H](O)C[C@@]12COC[C@@H](C[C@@H]1O)C(=O)O2. The highest BCUT2D eigenvalue weighted by molar-refractivity contribution is 5.74. The number of ether oxygens (including phenoxy) is 2. The molecule has 5 heteroatoms. The van der Waals surface area contributed by atoms with Crippen LogP contribution in [0.3, 0.4) is 0 Å². The lowest BCUT2D eigenvalue weighted by Crippen LogP contribution is -2.54. The molecule has 4 atom stereocenters. The molecule has 86 valence electrons. The van der Waals surface area contributed by atoms with Gasteiger partial charge in [0.05, 0.1) is 31.3 Å². The number of hydrogen-bond acceptors (Lipinski definition) is 5. The molecule has 0 aromatic rings. The number of fused-ring (bicyclic) bond motifs is 4. The fourth-order valence-electron chi connectivity index (χ4n) is 2.30. The van der Waals surface area contributed by atoms with Gasteiger partial charge in [0, 0.05) is 6.42 Å². The van der Waals surface area contributed by atoms with Gasteiger partial charge in [-0.15, -0.1) is 0 Å². The third kappa shape index (κ3) is 1.87. The van der Waals surface area contributed by atoms with Crippen molar-refractivity contribution >= 4 is 5.97 Å². The molecule has 0 spiro atoms. The number of carbonyl (C=O) groups excluding carboxylic acids is 1. The Balaban J connectivity index is 2.22. The maximum absolute atomic E-state index is 11.5. The summed E-state index contributed by atoms with van der Waals surface area (Å²) >= 11 is 0. The molecule has 0 aromatic heterocycles. The highest BCUT2D eigenvalue weighted by atomic mass is 16.6. The van der Waals surface area contributed by atoms with Gasteiger partial charge in [0.15, 0.2) is 5.60 Å². The molecule has 3 aliphatic rings. The third-order valence-electron chi connectivity index (χ3n) is 3.06. The lowest BCUT2D eigenvalue weighted by molar-refractivity contribution is -0.197. The van der Waals surface area contributed by atoms with Crippen molar-refractivity contribution in [3.05, 3.63) is 0 Å². The van der Waals surface area contributed by atoms with E-state index in [4.69, 9.17) is 9.47 Å². The van der Waals surface area contributed by atoms with E-state index < -0.39 is 17.8 Å². The molecular weight excluding hydrogens is 200 g/mol. The second-order valence-corrected chi connectivity index (χ2v) is 4.50. The molecule has 2 N–H and O–H groups in total. The zero-order chi connectivity index (χ0) is 11.1. The highest BCUT2D eigenvalue weighted by Gasteiger charge is 2.52. The van der Waals surface area contributed by atoms with Gasteiger partial charge in [0.2, 0.25) is 0 Å². The van der Waals surface area contributed by atoms with E-state index in [0.717, 1.165) is 0 Å². The van der Waals surface area contributed by atoms with Gasteiger partial charge in [0.25, 0.3) is 0 Å². The van der Waals surface area contributed by atoms with Gasteiger partial charge in [-0.3, -0.25) is 4.79 Å². The lowest BCUT2D eigenvalue weighted by Gasteiger charge is -2.40. The van der Waals surface area contributed by atoms with E-state index in [-0.39, 0.29) is 24.9 Å². The first-order valence-corrected chi connectivity index (χ1v) is 5.20. The van der Waals surface area contributed by atoms with E-state index >= 15 is 0 Å². The van der Waals surface area contributed by atoms with E-state index in [9.17, 15) is 15.0 Å². The maximum atomic E-state index is 11.5. The molecule has 0 amide bonds. The van der Waals surface area contributed by atoms with Crippen LogP contribution in [-0.4, -0.2) is 47.2 Å². The number of esters is 1. The van der Waals surface area contributed by atoms with Crippen molar-refractivity contribution in [1.29, 1.82) is 0 Å². The zero-order valence-corrected chi connectivity index (χ0v) is 8.68. The van der Waals surface area contributed by atoms with E-state index in [1.807, 2.05) is 0 Å². The number of aliphatic hydroxyl groups is 2. The van der Waals surface area contributed by atoms with Crippen LogP contribution in [0.4, 0.5) is 0 Å². The second kappa shape index (κ2) is 3.73. The van der Waals surface area contributed by atoms with Crippen LogP contribution in [0.1, 0.15) is 19.8 Å². The first-order valence-electron chi connectivity index (χ1n) is 5.20. The molecule has 0 saturated carbocycles. The van der Waals surface area contributed by atoms with Crippen LogP contribution in [0.25, 0.3) is 0 Å². The van der Waals surface area contributed by atoms with Gasteiger partial charge in [0.1, 0.15) is 0 Å². The summed E-state index contributed by atoms with van der Waals surface area (Å²) in [6, 6.07) is 0. The average Bonchev–Trinajstić information content (AvgIpc) is 2.34. The predicted molar refractivity (Wildman–Crippen MR) is 50.1 cm³/mol. The number of carbonyl (C=O) groups is 1. The predicted octanol–water partition coefficient (Wildman–Crippen LogP) is -0.550. The van der Waals surface area contributed by atoms with Crippen LogP contribution in [0.5, 0.6) is 0 Å².